The first kappa shape index (κ1) is 36.0. The van der Waals surface area contributed by atoms with E-state index < -0.39 is 29.4 Å². The molecule has 1 aromatic carbocycles. The number of hydrogen-bond acceptors (Lipinski definition) is 7. The Morgan fingerprint density at radius 1 is 1.10 bits per heavy atom. The molecule has 41 heavy (non-hydrogen) atoms. The van der Waals surface area contributed by atoms with Crippen LogP contribution in [0.5, 0.6) is 11.5 Å². The number of methoxy groups -OCH3 is 2. The molecule has 4 atom stereocenters. The molecule has 0 saturated heterocycles. The Bertz CT molecular complexity index is 1010. The topological polar surface area (TPSA) is 169 Å². The molecule has 0 aliphatic rings. The molecule has 232 valence electrons. The van der Waals surface area contributed by atoms with Gasteiger partial charge in [-0.3, -0.25) is 9.59 Å². The molecule has 11 heteroatoms. The molecule has 0 unspecified atom stereocenters. The molecule has 0 aliphatic heterocycles. The van der Waals surface area contributed by atoms with Crippen molar-refractivity contribution in [1.82, 2.24) is 5.32 Å². The highest BCUT2D eigenvalue weighted by molar-refractivity contribution is 5.83. The normalized spacial score (nSPS) is 14.6. The van der Waals surface area contributed by atoms with Crippen molar-refractivity contribution < 1.29 is 28.9 Å². The van der Waals surface area contributed by atoms with Crippen LogP contribution in [0.3, 0.4) is 0 Å². The maximum atomic E-state index is 13.0. The molecule has 0 radical (unpaired) electrons. The van der Waals surface area contributed by atoms with Gasteiger partial charge in [-0.25, -0.2) is 0 Å². The number of azide groups is 1. The minimum absolute atomic E-state index is 0.0811. The number of carbonyl (C=O) groups excluding carboxylic acids is 2. The van der Waals surface area contributed by atoms with Gasteiger partial charge in [-0.1, -0.05) is 38.9 Å². The molecule has 0 heterocycles. The number of nitrogens with two attached hydrogens (primary N) is 1. The van der Waals surface area contributed by atoms with Crippen molar-refractivity contribution >= 4 is 11.8 Å². The van der Waals surface area contributed by atoms with Gasteiger partial charge in [-0.2, -0.15) is 0 Å². The van der Waals surface area contributed by atoms with Crippen molar-refractivity contribution in [2.45, 2.75) is 79.4 Å². The summed E-state index contributed by atoms with van der Waals surface area (Å²) in [6.07, 6.45) is 0.973. The second-order valence-electron chi connectivity index (χ2n) is 12.0. The quantitative estimate of drug-likeness (QED) is 0.0882. The number of hydrogen-bond donors (Lipinski definition) is 3. The number of nitrogens with zero attached hydrogens (tertiary/aromatic N) is 3. The number of nitrogens with one attached hydrogen (secondary N) is 1. The van der Waals surface area contributed by atoms with E-state index in [4.69, 9.17) is 19.9 Å². The lowest BCUT2D eigenvalue weighted by Crippen LogP contribution is -2.45. The van der Waals surface area contributed by atoms with Gasteiger partial charge in [0.25, 0.3) is 0 Å². The Labute approximate surface area is 245 Å². The van der Waals surface area contributed by atoms with Crippen molar-refractivity contribution in [3.8, 4) is 11.5 Å². The molecule has 2 amide bonds. The molecule has 0 bridgehead atoms. The van der Waals surface area contributed by atoms with Gasteiger partial charge in [0.05, 0.1) is 31.3 Å². The van der Waals surface area contributed by atoms with E-state index in [1.165, 1.54) is 0 Å². The Kier molecular flexibility index (Phi) is 15.6. The van der Waals surface area contributed by atoms with E-state index in [9.17, 15) is 20.2 Å². The summed E-state index contributed by atoms with van der Waals surface area (Å²) in [6.45, 7) is 12.5. The predicted molar refractivity (Wildman–Crippen MR) is 160 cm³/mol. The standard InChI is InChI=1S/C30H51N5O6/c1-19(2)22(14-21-10-11-26(40-8)27(15-21)41-13-9-12-39-7)16-24(34-35-32)25(36)17-23(20(3)4)28(37)33-18-30(5,6)29(31)38/h10-11,15,19-20,22-25,36H,9,12-14,16-18H2,1-8H3,(H2,31,38)(H,33,37)/t22-,23+,24-,25-/m0/s1. The third-order valence-electron chi connectivity index (χ3n) is 7.62. The Morgan fingerprint density at radius 2 is 1.78 bits per heavy atom. The number of rotatable bonds is 20. The first-order chi connectivity index (χ1) is 19.3. The lowest BCUT2D eigenvalue weighted by Gasteiger charge is -2.30. The van der Waals surface area contributed by atoms with Crippen LogP contribution in [0, 0.1) is 29.1 Å². The molecule has 11 nitrogen and oxygen atoms in total. The van der Waals surface area contributed by atoms with Crippen LogP contribution < -0.4 is 20.5 Å². The largest absolute Gasteiger partial charge is 0.493 e. The summed E-state index contributed by atoms with van der Waals surface area (Å²) >= 11 is 0. The van der Waals surface area contributed by atoms with Gasteiger partial charge >= 0.3 is 0 Å². The predicted octanol–water partition coefficient (Wildman–Crippen LogP) is 4.65. The Balaban J connectivity index is 3.04. The number of carbonyl (C=O) groups is 2. The molecule has 1 rings (SSSR count). The minimum Gasteiger partial charge on any atom is -0.493 e. The van der Waals surface area contributed by atoms with E-state index in [2.05, 4.69) is 29.2 Å². The van der Waals surface area contributed by atoms with Gasteiger partial charge in [0.2, 0.25) is 11.8 Å². The van der Waals surface area contributed by atoms with E-state index in [0.717, 1.165) is 12.0 Å². The number of ether oxygens (including phenoxy) is 3. The van der Waals surface area contributed by atoms with Crippen LogP contribution in [0.25, 0.3) is 10.4 Å². The van der Waals surface area contributed by atoms with Crippen LogP contribution in [-0.2, 0) is 20.7 Å². The zero-order valence-corrected chi connectivity index (χ0v) is 26.1. The first-order valence-corrected chi connectivity index (χ1v) is 14.4. The van der Waals surface area contributed by atoms with Crippen LogP contribution in [0.15, 0.2) is 23.3 Å². The smallest absolute Gasteiger partial charge is 0.224 e. The van der Waals surface area contributed by atoms with Crippen molar-refractivity contribution in [3.05, 3.63) is 34.2 Å². The van der Waals surface area contributed by atoms with E-state index in [0.29, 0.717) is 37.6 Å². The maximum absolute atomic E-state index is 13.0. The molecule has 0 fully saturated rings. The zero-order valence-electron chi connectivity index (χ0n) is 26.1. The van der Waals surface area contributed by atoms with Gasteiger partial charge in [-0.15, -0.1) is 0 Å². The number of aliphatic hydroxyl groups is 1. The van der Waals surface area contributed by atoms with Gasteiger partial charge in [0, 0.05) is 37.5 Å². The molecule has 0 aromatic heterocycles. The summed E-state index contributed by atoms with van der Waals surface area (Å²) < 4.78 is 16.5. The number of amides is 2. The number of benzene rings is 1. The Morgan fingerprint density at radius 3 is 2.32 bits per heavy atom. The van der Waals surface area contributed by atoms with Crippen LogP contribution in [0.4, 0.5) is 0 Å². The maximum Gasteiger partial charge on any atom is 0.224 e. The fraction of sp³-hybridized carbons (Fsp3) is 0.733. The summed E-state index contributed by atoms with van der Waals surface area (Å²) in [5.41, 5.74) is 14.9. The van der Waals surface area contributed by atoms with E-state index >= 15 is 0 Å². The van der Waals surface area contributed by atoms with E-state index in [-0.39, 0.29) is 36.6 Å². The first-order valence-electron chi connectivity index (χ1n) is 14.4. The van der Waals surface area contributed by atoms with Crippen molar-refractivity contribution in [2.75, 3.05) is 34.0 Å². The van der Waals surface area contributed by atoms with Crippen LogP contribution in [0.2, 0.25) is 0 Å². The monoisotopic (exact) mass is 577 g/mol. The van der Waals surface area contributed by atoms with Gasteiger partial charge < -0.3 is 30.4 Å². The molecule has 1 aromatic rings. The fourth-order valence-corrected chi connectivity index (χ4v) is 4.52. The minimum atomic E-state index is -1.02. The second kappa shape index (κ2) is 17.7. The van der Waals surface area contributed by atoms with E-state index in [1.807, 2.05) is 32.0 Å². The zero-order chi connectivity index (χ0) is 31.2. The van der Waals surface area contributed by atoms with Crippen molar-refractivity contribution in [3.63, 3.8) is 0 Å². The summed E-state index contributed by atoms with van der Waals surface area (Å²) in [7, 11) is 3.25. The average molecular weight is 578 g/mol. The molecule has 4 N–H and O–H groups in total. The van der Waals surface area contributed by atoms with E-state index in [1.54, 1.807) is 28.1 Å². The van der Waals surface area contributed by atoms with Crippen molar-refractivity contribution in [1.29, 1.82) is 0 Å². The highest BCUT2D eigenvalue weighted by atomic mass is 16.5. The Hall–Kier alpha value is -3.01. The van der Waals surface area contributed by atoms with Crippen LogP contribution >= 0.6 is 0 Å². The lowest BCUT2D eigenvalue weighted by atomic mass is 9.80. The highest BCUT2D eigenvalue weighted by Crippen LogP contribution is 2.32. The van der Waals surface area contributed by atoms with Gasteiger partial charge in [-0.05, 0) is 74.1 Å². The molecule has 0 spiro atoms. The molecule has 0 aliphatic carbocycles. The SMILES string of the molecule is COCCCOc1cc(C[C@@H](C[C@H](N=[N+]=[N-])[C@@H](O)C[C@@H](C(=O)NCC(C)(C)C(N)=O)C(C)C)C(C)C)ccc1OC. The summed E-state index contributed by atoms with van der Waals surface area (Å²) in [5, 5.41) is 18.0. The van der Waals surface area contributed by atoms with Gasteiger partial charge in [0.1, 0.15) is 0 Å². The molecular formula is C30H51N5O6. The van der Waals surface area contributed by atoms with Gasteiger partial charge in [0.15, 0.2) is 11.5 Å². The third-order valence-corrected chi connectivity index (χ3v) is 7.62. The third kappa shape index (κ3) is 12.2. The van der Waals surface area contributed by atoms with Crippen molar-refractivity contribution in [2.24, 2.45) is 39.9 Å². The van der Waals surface area contributed by atoms with Crippen LogP contribution in [-0.4, -0.2) is 63.0 Å². The number of primary amides is 1. The summed E-state index contributed by atoms with van der Waals surface area (Å²) in [6, 6.07) is 5.12. The fourth-order valence-electron chi connectivity index (χ4n) is 4.52. The van der Waals surface area contributed by atoms with Crippen LogP contribution in [0.1, 0.15) is 66.4 Å². The number of aliphatic hydroxyl groups excluding tert-OH is 1. The second-order valence-corrected chi connectivity index (χ2v) is 12.0. The lowest BCUT2D eigenvalue weighted by molar-refractivity contribution is -0.130. The summed E-state index contributed by atoms with van der Waals surface area (Å²) in [5.74, 6) is 0.197. The highest BCUT2D eigenvalue weighted by Gasteiger charge is 2.33. The molecule has 0 saturated carbocycles. The summed E-state index contributed by atoms with van der Waals surface area (Å²) in [4.78, 5) is 27.7. The average Bonchev–Trinajstić information content (AvgIpc) is 2.91. The molecular weight excluding hydrogens is 526 g/mol.